The zero-order valence-electron chi connectivity index (χ0n) is 13.2. The lowest BCUT2D eigenvalue weighted by molar-refractivity contribution is -0.151. The minimum Gasteiger partial charge on any atom is -0.465 e. The molecule has 3 atom stereocenters. The standard InChI is InChI=1S/C14H28N2O5/c1-4-20-14(18)13-7-15-5-6-16(13)8-12(17)10-21-11(2)9-19-3/h11-13,15,17H,4-10H2,1-3H3. The van der Waals surface area contributed by atoms with Gasteiger partial charge in [0.2, 0.25) is 0 Å². The van der Waals surface area contributed by atoms with Crippen LogP contribution in [0.15, 0.2) is 0 Å². The highest BCUT2D eigenvalue weighted by atomic mass is 16.5. The van der Waals surface area contributed by atoms with E-state index in [4.69, 9.17) is 14.2 Å². The molecule has 0 aromatic heterocycles. The second-order valence-corrected chi connectivity index (χ2v) is 5.22. The Morgan fingerprint density at radius 3 is 2.90 bits per heavy atom. The van der Waals surface area contributed by atoms with Gasteiger partial charge in [0.15, 0.2) is 0 Å². The van der Waals surface area contributed by atoms with E-state index in [2.05, 4.69) is 5.32 Å². The average Bonchev–Trinajstić information content (AvgIpc) is 2.46. The molecular formula is C14H28N2O5. The number of ether oxygens (including phenoxy) is 3. The molecule has 2 N–H and O–H groups in total. The van der Waals surface area contributed by atoms with Crippen LogP contribution in [0, 0.1) is 0 Å². The molecule has 3 unspecified atom stereocenters. The molecule has 1 aliphatic heterocycles. The minimum atomic E-state index is -0.640. The highest BCUT2D eigenvalue weighted by molar-refractivity contribution is 5.76. The van der Waals surface area contributed by atoms with Crippen molar-refractivity contribution in [3.8, 4) is 0 Å². The molecule has 1 fully saturated rings. The Kier molecular flexibility index (Phi) is 8.79. The third-order valence-electron chi connectivity index (χ3n) is 3.33. The number of hydrogen-bond acceptors (Lipinski definition) is 7. The van der Waals surface area contributed by atoms with Gasteiger partial charge in [0.1, 0.15) is 6.04 Å². The van der Waals surface area contributed by atoms with E-state index in [-0.39, 0.29) is 24.7 Å². The number of carbonyl (C=O) groups is 1. The fourth-order valence-corrected chi connectivity index (χ4v) is 2.32. The van der Waals surface area contributed by atoms with E-state index in [1.165, 1.54) is 0 Å². The van der Waals surface area contributed by atoms with Crippen LogP contribution in [0.25, 0.3) is 0 Å². The third-order valence-corrected chi connectivity index (χ3v) is 3.33. The number of aliphatic hydroxyl groups is 1. The predicted octanol–water partition coefficient (Wildman–Crippen LogP) is -0.764. The van der Waals surface area contributed by atoms with Gasteiger partial charge >= 0.3 is 5.97 Å². The quantitative estimate of drug-likeness (QED) is 0.542. The number of nitrogens with one attached hydrogen (secondary N) is 1. The highest BCUT2D eigenvalue weighted by Gasteiger charge is 2.30. The van der Waals surface area contributed by atoms with Crippen molar-refractivity contribution in [1.82, 2.24) is 10.2 Å². The molecule has 0 spiro atoms. The molecule has 1 saturated heterocycles. The smallest absolute Gasteiger partial charge is 0.324 e. The topological polar surface area (TPSA) is 80.3 Å². The number of aliphatic hydroxyl groups excluding tert-OH is 1. The maximum absolute atomic E-state index is 11.9. The number of rotatable bonds is 9. The Balaban J connectivity index is 2.40. The number of carbonyl (C=O) groups excluding carboxylic acids is 1. The molecule has 0 bridgehead atoms. The molecule has 1 aliphatic rings. The van der Waals surface area contributed by atoms with Crippen LogP contribution in [0.5, 0.6) is 0 Å². The van der Waals surface area contributed by atoms with Crippen molar-refractivity contribution < 1.29 is 24.1 Å². The van der Waals surface area contributed by atoms with E-state index < -0.39 is 6.10 Å². The number of piperazine rings is 1. The van der Waals surface area contributed by atoms with Gasteiger partial charge in [-0.25, -0.2) is 0 Å². The molecule has 1 heterocycles. The molecule has 21 heavy (non-hydrogen) atoms. The molecule has 1 rings (SSSR count). The number of hydrogen-bond donors (Lipinski definition) is 2. The minimum absolute atomic E-state index is 0.0615. The van der Waals surface area contributed by atoms with Crippen LogP contribution >= 0.6 is 0 Å². The Morgan fingerprint density at radius 1 is 1.48 bits per heavy atom. The van der Waals surface area contributed by atoms with Gasteiger partial charge in [0.05, 0.1) is 32.0 Å². The molecule has 7 nitrogen and oxygen atoms in total. The van der Waals surface area contributed by atoms with E-state index in [0.717, 1.165) is 6.54 Å². The fourth-order valence-electron chi connectivity index (χ4n) is 2.32. The van der Waals surface area contributed by atoms with Gasteiger partial charge in [-0.05, 0) is 13.8 Å². The normalized spacial score (nSPS) is 22.8. The van der Waals surface area contributed by atoms with E-state index >= 15 is 0 Å². The Bertz CT molecular complexity index is 303. The Hall–Kier alpha value is -0.730. The lowest BCUT2D eigenvalue weighted by Gasteiger charge is -2.35. The van der Waals surface area contributed by atoms with Crippen molar-refractivity contribution >= 4 is 5.97 Å². The van der Waals surface area contributed by atoms with E-state index in [9.17, 15) is 9.90 Å². The zero-order chi connectivity index (χ0) is 15.7. The fraction of sp³-hybridized carbons (Fsp3) is 0.929. The number of nitrogens with zero attached hydrogens (tertiary/aromatic N) is 1. The van der Waals surface area contributed by atoms with Crippen molar-refractivity contribution in [2.45, 2.75) is 32.1 Å². The maximum atomic E-state index is 11.9. The summed E-state index contributed by atoms with van der Waals surface area (Å²) in [6.45, 7) is 7.20. The average molecular weight is 304 g/mol. The van der Waals surface area contributed by atoms with E-state index in [1.54, 1.807) is 14.0 Å². The summed E-state index contributed by atoms with van der Waals surface area (Å²) >= 11 is 0. The summed E-state index contributed by atoms with van der Waals surface area (Å²) in [5.74, 6) is -0.245. The van der Waals surface area contributed by atoms with Gasteiger partial charge < -0.3 is 24.6 Å². The summed E-state index contributed by atoms with van der Waals surface area (Å²) in [6.07, 6.45) is -0.701. The summed E-state index contributed by atoms with van der Waals surface area (Å²) in [5, 5.41) is 13.2. The molecule has 0 aromatic carbocycles. The second kappa shape index (κ2) is 10.1. The summed E-state index contributed by atoms with van der Waals surface area (Å²) in [4.78, 5) is 13.9. The molecule has 0 saturated carbocycles. The largest absolute Gasteiger partial charge is 0.465 e. The molecule has 7 heteroatoms. The lowest BCUT2D eigenvalue weighted by Crippen LogP contribution is -2.57. The molecular weight excluding hydrogens is 276 g/mol. The predicted molar refractivity (Wildman–Crippen MR) is 78.2 cm³/mol. The van der Waals surface area contributed by atoms with Crippen LogP contribution in [0.1, 0.15) is 13.8 Å². The summed E-state index contributed by atoms with van der Waals surface area (Å²) in [6, 6.07) is -0.343. The van der Waals surface area contributed by atoms with Crippen LogP contribution in [0.3, 0.4) is 0 Å². The first-order valence-electron chi connectivity index (χ1n) is 7.48. The monoisotopic (exact) mass is 304 g/mol. The van der Waals surface area contributed by atoms with Crippen molar-refractivity contribution in [2.24, 2.45) is 0 Å². The SMILES string of the molecule is CCOC(=O)C1CNCCN1CC(O)COC(C)COC. The molecule has 0 amide bonds. The van der Waals surface area contributed by atoms with Crippen LogP contribution in [-0.2, 0) is 19.0 Å². The molecule has 0 radical (unpaired) electrons. The van der Waals surface area contributed by atoms with Gasteiger partial charge in [-0.2, -0.15) is 0 Å². The van der Waals surface area contributed by atoms with Crippen molar-refractivity contribution in [1.29, 1.82) is 0 Å². The number of β-amino-alcohol motifs (C(OH)–C–C–N with tert-alkyl or cyclic N) is 1. The third kappa shape index (κ3) is 6.71. The Morgan fingerprint density at radius 2 is 2.24 bits per heavy atom. The van der Waals surface area contributed by atoms with Crippen LogP contribution in [0.2, 0.25) is 0 Å². The van der Waals surface area contributed by atoms with Crippen LogP contribution < -0.4 is 5.32 Å². The second-order valence-electron chi connectivity index (χ2n) is 5.22. The van der Waals surface area contributed by atoms with Crippen molar-refractivity contribution in [3.05, 3.63) is 0 Å². The van der Waals surface area contributed by atoms with Gasteiger partial charge in [-0.15, -0.1) is 0 Å². The van der Waals surface area contributed by atoms with Crippen LogP contribution in [-0.4, -0.2) is 87.3 Å². The Labute approximate surface area is 126 Å². The number of esters is 1. The van der Waals surface area contributed by atoms with E-state index in [0.29, 0.717) is 32.8 Å². The first-order valence-corrected chi connectivity index (χ1v) is 7.48. The van der Waals surface area contributed by atoms with E-state index in [1.807, 2.05) is 11.8 Å². The molecule has 0 aliphatic carbocycles. The van der Waals surface area contributed by atoms with Gasteiger partial charge in [-0.1, -0.05) is 0 Å². The molecule has 124 valence electrons. The first-order chi connectivity index (χ1) is 10.1. The van der Waals surface area contributed by atoms with Gasteiger partial charge in [0.25, 0.3) is 0 Å². The first kappa shape index (κ1) is 18.3. The molecule has 0 aromatic rings. The summed E-state index contributed by atoms with van der Waals surface area (Å²) < 4.78 is 15.5. The van der Waals surface area contributed by atoms with Gasteiger partial charge in [-0.3, -0.25) is 9.69 Å². The summed E-state index contributed by atoms with van der Waals surface area (Å²) in [5.41, 5.74) is 0. The summed E-state index contributed by atoms with van der Waals surface area (Å²) in [7, 11) is 1.61. The van der Waals surface area contributed by atoms with Gasteiger partial charge in [0, 0.05) is 33.3 Å². The van der Waals surface area contributed by atoms with Crippen molar-refractivity contribution in [3.63, 3.8) is 0 Å². The highest BCUT2D eigenvalue weighted by Crippen LogP contribution is 2.07. The maximum Gasteiger partial charge on any atom is 0.324 e. The lowest BCUT2D eigenvalue weighted by atomic mass is 10.1. The number of methoxy groups -OCH3 is 1. The van der Waals surface area contributed by atoms with Crippen molar-refractivity contribution in [2.75, 3.05) is 53.1 Å². The van der Waals surface area contributed by atoms with Crippen LogP contribution in [0.4, 0.5) is 0 Å². The zero-order valence-corrected chi connectivity index (χ0v) is 13.2.